The van der Waals surface area contributed by atoms with Gasteiger partial charge in [-0.15, -0.1) is 0 Å². The minimum Gasteiger partial charge on any atom is -0.348 e. The number of benzene rings is 2. The molecular formula is C23H26N2O2. The second kappa shape index (κ2) is 9.17. The summed E-state index contributed by atoms with van der Waals surface area (Å²) in [5.41, 5.74) is 3.57. The van der Waals surface area contributed by atoms with Crippen molar-refractivity contribution in [2.24, 2.45) is 0 Å². The highest BCUT2D eigenvalue weighted by molar-refractivity contribution is 5.95. The van der Waals surface area contributed by atoms with Crippen molar-refractivity contribution < 1.29 is 9.59 Å². The smallest absolute Gasteiger partial charge is 0.253 e. The van der Waals surface area contributed by atoms with E-state index in [-0.39, 0.29) is 11.8 Å². The van der Waals surface area contributed by atoms with E-state index in [1.807, 2.05) is 66.4 Å². The molecule has 1 heterocycles. The van der Waals surface area contributed by atoms with E-state index in [1.54, 1.807) is 6.08 Å². The second-order valence-corrected chi connectivity index (χ2v) is 6.96. The monoisotopic (exact) mass is 362 g/mol. The predicted octanol–water partition coefficient (Wildman–Crippen LogP) is 4.03. The van der Waals surface area contributed by atoms with Crippen molar-refractivity contribution in [2.75, 3.05) is 13.1 Å². The molecule has 2 aromatic carbocycles. The molecular weight excluding hydrogens is 336 g/mol. The first-order valence-electron chi connectivity index (χ1n) is 9.53. The number of hydrogen-bond donors (Lipinski definition) is 1. The maximum absolute atomic E-state index is 12.6. The highest BCUT2D eigenvalue weighted by Crippen LogP contribution is 2.15. The van der Waals surface area contributed by atoms with Crippen LogP contribution in [0.5, 0.6) is 0 Å². The first-order valence-corrected chi connectivity index (χ1v) is 9.53. The molecule has 0 atom stereocenters. The third kappa shape index (κ3) is 5.30. The first-order chi connectivity index (χ1) is 13.1. The maximum Gasteiger partial charge on any atom is 0.253 e. The standard InChI is InChI=1S/C23H26N2O2/c1-18(20-10-4-2-5-11-20)15-22(26)24-17-19-9-8-12-21(16-19)23(27)25-13-6-3-7-14-25/h2,4-5,8-12,15-16H,3,6-7,13-14,17H2,1H3,(H,24,26). The molecule has 0 saturated carbocycles. The van der Waals surface area contributed by atoms with Gasteiger partial charge in [-0.25, -0.2) is 0 Å². The first kappa shape index (κ1) is 18.9. The number of hydrogen-bond acceptors (Lipinski definition) is 2. The summed E-state index contributed by atoms with van der Waals surface area (Å²) in [4.78, 5) is 26.7. The Morgan fingerprint density at radius 1 is 0.963 bits per heavy atom. The zero-order valence-corrected chi connectivity index (χ0v) is 15.8. The number of allylic oxidation sites excluding steroid dienone is 1. The third-order valence-corrected chi connectivity index (χ3v) is 4.86. The lowest BCUT2D eigenvalue weighted by Crippen LogP contribution is -2.35. The molecule has 2 amide bonds. The summed E-state index contributed by atoms with van der Waals surface area (Å²) in [6, 6.07) is 17.4. The molecule has 1 aliphatic heterocycles. The fourth-order valence-electron chi connectivity index (χ4n) is 3.32. The van der Waals surface area contributed by atoms with Gasteiger partial charge in [-0.2, -0.15) is 0 Å². The van der Waals surface area contributed by atoms with Gasteiger partial charge < -0.3 is 10.2 Å². The van der Waals surface area contributed by atoms with Gasteiger partial charge in [0, 0.05) is 31.3 Å². The van der Waals surface area contributed by atoms with Gasteiger partial charge in [-0.05, 0) is 55.0 Å². The molecule has 140 valence electrons. The number of piperidine rings is 1. The highest BCUT2D eigenvalue weighted by atomic mass is 16.2. The van der Waals surface area contributed by atoms with Gasteiger partial charge in [0.15, 0.2) is 0 Å². The molecule has 0 unspecified atom stereocenters. The summed E-state index contributed by atoms with van der Waals surface area (Å²) < 4.78 is 0. The van der Waals surface area contributed by atoms with Crippen molar-refractivity contribution in [1.82, 2.24) is 10.2 Å². The van der Waals surface area contributed by atoms with E-state index in [0.717, 1.165) is 42.6 Å². The average molecular weight is 362 g/mol. The molecule has 1 aliphatic rings. The highest BCUT2D eigenvalue weighted by Gasteiger charge is 2.18. The number of nitrogens with one attached hydrogen (secondary N) is 1. The number of nitrogens with zero attached hydrogens (tertiary/aromatic N) is 1. The number of rotatable bonds is 5. The van der Waals surface area contributed by atoms with E-state index in [0.29, 0.717) is 12.1 Å². The maximum atomic E-state index is 12.6. The Morgan fingerprint density at radius 2 is 1.67 bits per heavy atom. The lowest BCUT2D eigenvalue weighted by molar-refractivity contribution is -0.116. The lowest BCUT2D eigenvalue weighted by atomic mass is 10.1. The molecule has 1 saturated heterocycles. The van der Waals surface area contributed by atoms with Gasteiger partial charge in [0.2, 0.25) is 5.91 Å². The van der Waals surface area contributed by atoms with Gasteiger partial charge in [-0.3, -0.25) is 9.59 Å². The zero-order chi connectivity index (χ0) is 19.1. The molecule has 0 spiro atoms. The van der Waals surface area contributed by atoms with E-state index >= 15 is 0 Å². The normalized spacial score (nSPS) is 14.7. The van der Waals surface area contributed by atoms with Crippen molar-refractivity contribution in [1.29, 1.82) is 0 Å². The molecule has 0 aliphatic carbocycles. The van der Waals surface area contributed by atoms with E-state index in [9.17, 15) is 9.59 Å². The molecule has 1 fully saturated rings. The van der Waals surface area contributed by atoms with Crippen molar-refractivity contribution in [3.63, 3.8) is 0 Å². The van der Waals surface area contributed by atoms with E-state index in [1.165, 1.54) is 6.42 Å². The van der Waals surface area contributed by atoms with Gasteiger partial charge in [0.05, 0.1) is 0 Å². The molecule has 3 rings (SSSR count). The SMILES string of the molecule is CC(=CC(=O)NCc1cccc(C(=O)N2CCCCC2)c1)c1ccccc1. The Bertz CT molecular complexity index is 821. The summed E-state index contributed by atoms with van der Waals surface area (Å²) in [5.74, 6) is -0.0493. The average Bonchev–Trinajstić information content (AvgIpc) is 2.73. The van der Waals surface area contributed by atoms with Gasteiger partial charge in [0.1, 0.15) is 0 Å². The summed E-state index contributed by atoms with van der Waals surface area (Å²) in [6.45, 7) is 4.00. The van der Waals surface area contributed by atoms with Crippen LogP contribution in [-0.2, 0) is 11.3 Å². The van der Waals surface area contributed by atoms with Crippen LogP contribution < -0.4 is 5.32 Å². The van der Waals surface area contributed by atoms with E-state index in [4.69, 9.17) is 0 Å². The van der Waals surface area contributed by atoms with Crippen LogP contribution in [0.15, 0.2) is 60.7 Å². The lowest BCUT2D eigenvalue weighted by Gasteiger charge is -2.26. The Labute approximate surface area is 160 Å². The van der Waals surface area contributed by atoms with Crippen molar-refractivity contribution >= 4 is 17.4 Å². The zero-order valence-electron chi connectivity index (χ0n) is 15.8. The molecule has 0 bridgehead atoms. The summed E-state index contributed by atoms with van der Waals surface area (Å²) >= 11 is 0. The quantitative estimate of drug-likeness (QED) is 0.817. The number of likely N-dealkylation sites (tertiary alicyclic amines) is 1. The Kier molecular flexibility index (Phi) is 6.42. The fourth-order valence-corrected chi connectivity index (χ4v) is 3.32. The Balaban J connectivity index is 1.59. The summed E-state index contributed by atoms with van der Waals surface area (Å²) in [5, 5.41) is 2.91. The van der Waals surface area contributed by atoms with Crippen LogP contribution in [0.3, 0.4) is 0 Å². The van der Waals surface area contributed by atoms with Gasteiger partial charge in [0.25, 0.3) is 5.91 Å². The molecule has 27 heavy (non-hydrogen) atoms. The summed E-state index contributed by atoms with van der Waals surface area (Å²) in [7, 11) is 0. The minimum atomic E-state index is -0.135. The Morgan fingerprint density at radius 3 is 2.41 bits per heavy atom. The molecule has 2 aromatic rings. The van der Waals surface area contributed by atoms with Crippen molar-refractivity contribution in [3.8, 4) is 0 Å². The molecule has 4 heteroatoms. The van der Waals surface area contributed by atoms with Gasteiger partial charge >= 0.3 is 0 Å². The third-order valence-electron chi connectivity index (χ3n) is 4.86. The minimum absolute atomic E-state index is 0.0858. The van der Waals surface area contributed by atoms with Crippen LogP contribution in [0.2, 0.25) is 0 Å². The second-order valence-electron chi connectivity index (χ2n) is 6.96. The fraction of sp³-hybridized carbons (Fsp3) is 0.304. The molecule has 0 radical (unpaired) electrons. The molecule has 0 aromatic heterocycles. The topological polar surface area (TPSA) is 49.4 Å². The van der Waals surface area contributed by atoms with Gasteiger partial charge in [-0.1, -0.05) is 42.5 Å². The van der Waals surface area contributed by atoms with Crippen LogP contribution in [0.4, 0.5) is 0 Å². The predicted molar refractivity (Wildman–Crippen MR) is 108 cm³/mol. The van der Waals surface area contributed by atoms with Crippen LogP contribution in [-0.4, -0.2) is 29.8 Å². The van der Waals surface area contributed by atoms with Crippen LogP contribution in [0, 0.1) is 0 Å². The largest absolute Gasteiger partial charge is 0.348 e. The number of carbonyl (C=O) groups excluding carboxylic acids is 2. The van der Waals surface area contributed by atoms with E-state index in [2.05, 4.69) is 5.32 Å². The summed E-state index contributed by atoms with van der Waals surface area (Å²) in [6.07, 6.45) is 4.97. The Hall–Kier alpha value is -2.88. The van der Waals surface area contributed by atoms with Crippen LogP contribution >= 0.6 is 0 Å². The van der Waals surface area contributed by atoms with Crippen LogP contribution in [0.25, 0.3) is 5.57 Å². The number of amides is 2. The van der Waals surface area contributed by atoms with Crippen molar-refractivity contribution in [2.45, 2.75) is 32.7 Å². The molecule has 4 nitrogen and oxygen atoms in total. The number of carbonyl (C=O) groups is 2. The molecule has 1 N–H and O–H groups in total. The van der Waals surface area contributed by atoms with Crippen LogP contribution in [0.1, 0.15) is 47.7 Å². The van der Waals surface area contributed by atoms with Crippen molar-refractivity contribution in [3.05, 3.63) is 77.4 Å². The van der Waals surface area contributed by atoms with E-state index < -0.39 is 0 Å².